The van der Waals surface area contributed by atoms with Crippen molar-refractivity contribution in [3.8, 4) is 5.69 Å². The minimum atomic E-state index is 0.772. The van der Waals surface area contributed by atoms with Gasteiger partial charge in [-0.15, -0.1) is 0 Å². The Hall–Kier alpha value is -1.59. The second kappa shape index (κ2) is 6.45. The molecule has 3 rings (SSSR count). The lowest BCUT2D eigenvalue weighted by atomic mass is 10.2. The second-order valence-electron chi connectivity index (χ2n) is 4.60. The molecule has 0 saturated heterocycles. The predicted octanol–water partition coefficient (Wildman–Crippen LogP) is 5.01. The summed E-state index contributed by atoms with van der Waals surface area (Å²) in [4.78, 5) is 0. The van der Waals surface area contributed by atoms with Gasteiger partial charge in [0.25, 0.3) is 0 Å². The maximum Gasteiger partial charge on any atom is 0.0666 e. The molecule has 0 spiro atoms. The minimum Gasteiger partial charge on any atom is -0.381 e. The van der Waals surface area contributed by atoms with Gasteiger partial charge in [-0.25, -0.2) is 4.68 Å². The van der Waals surface area contributed by atoms with Gasteiger partial charge >= 0.3 is 0 Å². The van der Waals surface area contributed by atoms with Gasteiger partial charge in [-0.2, -0.15) is 5.10 Å². The first-order chi connectivity index (χ1) is 10.2. The van der Waals surface area contributed by atoms with E-state index in [4.69, 9.17) is 0 Å². The number of hydrogen-bond acceptors (Lipinski definition) is 2. The van der Waals surface area contributed by atoms with E-state index in [1.807, 2.05) is 35.1 Å². The first-order valence-electron chi connectivity index (χ1n) is 6.50. The quantitative estimate of drug-likeness (QED) is 0.659. The summed E-state index contributed by atoms with van der Waals surface area (Å²) < 4.78 is 3.97. The molecule has 0 aliphatic carbocycles. The maximum atomic E-state index is 4.24. The second-order valence-corrected chi connectivity index (χ2v) is 6.31. The number of rotatable bonds is 4. The molecule has 2 aromatic carbocycles. The van der Waals surface area contributed by atoms with E-state index in [1.165, 1.54) is 5.56 Å². The number of nitrogens with zero attached hydrogens (tertiary/aromatic N) is 2. The third kappa shape index (κ3) is 3.54. The molecule has 0 saturated carbocycles. The molecule has 0 atom stereocenters. The van der Waals surface area contributed by atoms with Crippen molar-refractivity contribution in [2.24, 2.45) is 0 Å². The van der Waals surface area contributed by atoms with Crippen LogP contribution in [0.15, 0.2) is 69.9 Å². The first kappa shape index (κ1) is 14.4. The van der Waals surface area contributed by atoms with E-state index in [0.29, 0.717) is 0 Å². The molecule has 0 unspecified atom stereocenters. The molecule has 0 bridgehead atoms. The topological polar surface area (TPSA) is 29.9 Å². The molecule has 3 aromatic rings. The summed E-state index contributed by atoms with van der Waals surface area (Å²) in [5, 5.41) is 7.68. The van der Waals surface area contributed by atoms with Gasteiger partial charge in [-0.05, 0) is 73.8 Å². The van der Waals surface area contributed by atoms with Crippen LogP contribution >= 0.6 is 31.9 Å². The normalized spacial score (nSPS) is 10.6. The van der Waals surface area contributed by atoms with E-state index in [1.54, 1.807) is 6.20 Å². The average molecular weight is 407 g/mol. The number of anilines is 1. The fourth-order valence-corrected chi connectivity index (χ4v) is 2.71. The Labute approximate surface area is 140 Å². The molecule has 1 heterocycles. The van der Waals surface area contributed by atoms with Crippen LogP contribution in [-0.4, -0.2) is 9.78 Å². The van der Waals surface area contributed by atoms with Gasteiger partial charge in [-0.1, -0.05) is 12.1 Å². The highest BCUT2D eigenvalue weighted by Crippen LogP contribution is 2.24. The van der Waals surface area contributed by atoms with Crippen LogP contribution in [0.2, 0.25) is 0 Å². The summed E-state index contributed by atoms with van der Waals surface area (Å²) >= 11 is 7.00. The summed E-state index contributed by atoms with van der Waals surface area (Å²) in [5.74, 6) is 0. The molecule has 0 amide bonds. The Kier molecular flexibility index (Phi) is 4.41. The van der Waals surface area contributed by atoms with E-state index in [2.05, 4.69) is 66.5 Å². The van der Waals surface area contributed by atoms with Gasteiger partial charge in [0.05, 0.1) is 5.69 Å². The fourth-order valence-electron chi connectivity index (χ4n) is 2.03. The monoisotopic (exact) mass is 405 g/mol. The first-order valence-corrected chi connectivity index (χ1v) is 8.09. The van der Waals surface area contributed by atoms with Crippen LogP contribution in [0.3, 0.4) is 0 Å². The Balaban J connectivity index is 1.73. The lowest BCUT2D eigenvalue weighted by Gasteiger charge is -2.09. The van der Waals surface area contributed by atoms with Gasteiger partial charge in [0.1, 0.15) is 0 Å². The molecule has 3 nitrogen and oxygen atoms in total. The molecule has 1 N–H and O–H groups in total. The maximum absolute atomic E-state index is 4.24. The van der Waals surface area contributed by atoms with Gasteiger partial charge in [0.15, 0.2) is 0 Å². The largest absolute Gasteiger partial charge is 0.381 e. The van der Waals surface area contributed by atoms with Crippen LogP contribution in [0.1, 0.15) is 5.56 Å². The molecule has 0 aliphatic rings. The van der Waals surface area contributed by atoms with Crippen molar-refractivity contribution < 1.29 is 0 Å². The number of hydrogen-bond donors (Lipinski definition) is 1. The highest BCUT2D eigenvalue weighted by Gasteiger charge is 2.01. The minimum absolute atomic E-state index is 0.772. The van der Waals surface area contributed by atoms with Gasteiger partial charge in [0, 0.05) is 33.6 Å². The Bertz CT molecular complexity index is 739. The zero-order chi connectivity index (χ0) is 14.7. The van der Waals surface area contributed by atoms with Crippen molar-refractivity contribution in [2.45, 2.75) is 6.54 Å². The van der Waals surface area contributed by atoms with Crippen molar-refractivity contribution in [1.29, 1.82) is 0 Å². The molecular weight excluding hydrogens is 394 g/mol. The van der Waals surface area contributed by atoms with E-state index >= 15 is 0 Å². The van der Waals surface area contributed by atoms with Crippen molar-refractivity contribution >= 4 is 37.5 Å². The zero-order valence-corrected chi connectivity index (χ0v) is 14.3. The smallest absolute Gasteiger partial charge is 0.0666 e. The van der Waals surface area contributed by atoms with Crippen LogP contribution in [0.5, 0.6) is 0 Å². The molecule has 21 heavy (non-hydrogen) atoms. The zero-order valence-electron chi connectivity index (χ0n) is 11.1. The van der Waals surface area contributed by atoms with Crippen molar-refractivity contribution in [3.05, 3.63) is 75.4 Å². The average Bonchev–Trinajstić information content (AvgIpc) is 3.03. The van der Waals surface area contributed by atoms with Crippen LogP contribution in [0.25, 0.3) is 5.69 Å². The number of aromatic nitrogens is 2. The molecule has 106 valence electrons. The van der Waals surface area contributed by atoms with E-state index in [-0.39, 0.29) is 0 Å². The molecule has 0 fully saturated rings. The van der Waals surface area contributed by atoms with Crippen molar-refractivity contribution in [2.75, 3.05) is 5.32 Å². The third-order valence-corrected chi connectivity index (χ3v) is 4.98. The lowest BCUT2D eigenvalue weighted by molar-refractivity contribution is 0.880. The summed E-state index contributed by atoms with van der Waals surface area (Å²) in [6.07, 6.45) is 3.71. The number of halogens is 2. The summed E-state index contributed by atoms with van der Waals surface area (Å²) in [6, 6.07) is 16.4. The number of nitrogens with one attached hydrogen (secondary N) is 1. The van der Waals surface area contributed by atoms with Crippen molar-refractivity contribution in [1.82, 2.24) is 9.78 Å². The highest BCUT2D eigenvalue weighted by atomic mass is 79.9. The summed E-state index contributed by atoms with van der Waals surface area (Å²) in [6.45, 7) is 0.772. The van der Waals surface area contributed by atoms with E-state index < -0.39 is 0 Å². The molecule has 0 aliphatic heterocycles. The Morgan fingerprint density at radius 2 is 1.90 bits per heavy atom. The Morgan fingerprint density at radius 1 is 1.00 bits per heavy atom. The molecule has 5 heteroatoms. The summed E-state index contributed by atoms with van der Waals surface area (Å²) in [5.41, 5.74) is 3.33. The standard InChI is InChI=1S/C16H13Br2N3/c17-15-6-5-12(9-16(15)18)11-19-13-3-1-4-14(10-13)21-8-2-7-20-21/h1-10,19H,11H2. The SMILES string of the molecule is Brc1ccc(CNc2cccc(-n3cccn3)c2)cc1Br. The summed E-state index contributed by atoms with van der Waals surface area (Å²) in [7, 11) is 0. The van der Waals surface area contributed by atoms with Crippen LogP contribution < -0.4 is 5.32 Å². The fraction of sp³-hybridized carbons (Fsp3) is 0.0625. The van der Waals surface area contributed by atoms with E-state index in [9.17, 15) is 0 Å². The van der Waals surface area contributed by atoms with Crippen molar-refractivity contribution in [3.63, 3.8) is 0 Å². The predicted molar refractivity (Wildman–Crippen MR) is 92.7 cm³/mol. The molecular formula is C16H13Br2N3. The van der Waals surface area contributed by atoms with Crippen LogP contribution in [0.4, 0.5) is 5.69 Å². The van der Waals surface area contributed by atoms with Gasteiger partial charge in [0.2, 0.25) is 0 Å². The van der Waals surface area contributed by atoms with Crippen LogP contribution in [0, 0.1) is 0 Å². The third-order valence-electron chi connectivity index (χ3n) is 3.10. The van der Waals surface area contributed by atoms with Gasteiger partial charge in [-0.3, -0.25) is 0 Å². The lowest BCUT2D eigenvalue weighted by Crippen LogP contribution is -2.01. The molecule has 1 aromatic heterocycles. The highest BCUT2D eigenvalue weighted by molar-refractivity contribution is 9.13. The van der Waals surface area contributed by atoms with Gasteiger partial charge < -0.3 is 5.32 Å². The Morgan fingerprint density at radius 3 is 2.67 bits per heavy atom. The molecule has 0 radical (unpaired) electrons. The number of benzene rings is 2. The van der Waals surface area contributed by atoms with E-state index in [0.717, 1.165) is 26.9 Å². The van der Waals surface area contributed by atoms with Crippen LogP contribution in [-0.2, 0) is 6.54 Å².